The van der Waals surface area contributed by atoms with E-state index in [-0.39, 0.29) is 11.9 Å². The Labute approximate surface area is 112 Å². The van der Waals surface area contributed by atoms with Gasteiger partial charge in [-0.05, 0) is 35.0 Å². The number of aromatic nitrogens is 1. The number of hydrogen-bond donors (Lipinski definition) is 1. The van der Waals surface area contributed by atoms with Gasteiger partial charge in [0.15, 0.2) is 0 Å². The lowest BCUT2D eigenvalue weighted by atomic mass is 10.2. The molecule has 0 aliphatic heterocycles. The van der Waals surface area contributed by atoms with Crippen molar-refractivity contribution in [1.29, 1.82) is 0 Å². The van der Waals surface area contributed by atoms with E-state index in [1.54, 1.807) is 12.3 Å². The Kier molecular flexibility index (Phi) is 3.91. The van der Waals surface area contributed by atoms with Crippen molar-refractivity contribution in [3.63, 3.8) is 0 Å². The number of hydrogen-bond acceptors (Lipinski definition) is 3. The lowest BCUT2D eigenvalue weighted by Crippen LogP contribution is -2.26. The lowest BCUT2D eigenvalue weighted by Gasteiger charge is -2.11. The number of thiazole rings is 1. The molecule has 0 aliphatic rings. The van der Waals surface area contributed by atoms with Gasteiger partial charge in [0.05, 0.1) is 11.6 Å². The van der Waals surface area contributed by atoms with Gasteiger partial charge in [-0.15, -0.1) is 11.3 Å². The summed E-state index contributed by atoms with van der Waals surface area (Å²) in [5.74, 6) is -0.0971. The van der Waals surface area contributed by atoms with Crippen molar-refractivity contribution in [2.75, 3.05) is 0 Å². The molecule has 1 N–H and O–H groups in total. The van der Waals surface area contributed by atoms with Gasteiger partial charge in [0.2, 0.25) is 0 Å². The fourth-order valence-electron chi connectivity index (χ4n) is 1.43. The molecule has 0 aliphatic carbocycles. The van der Waals surface area contributed by atoms with E-state index in [0.29, 0.717) is 5.56 Å². The van der Waals surface area contributed by atoms with E-state index >= 15 is 0 Å². The highest BCUT2D eigenvalue weighted by Crippen LogP contribution is 2.19. The van der Waals surface area contributed by atoms with Crippen molar-refractivity contribution in [3.05, 3.63) is 50.9 Å². The van der Waals surface area contributed by atoms with Crippen LogP contribution in [0.1, 0.15) is 28.3 Å². The number of benzene rings is 1. The van der Waals surface area contributed by atoms with E-state index < -0.39 is 0 Å². The fraction of sp³-hybridized carbons (Fsp3) is 0.167. The van der Waals surface area contributed by atoms with Gasteiger partial charge in [0.1, 0.15) is 5.01 Å². The zero-order chi connectivity index (χ0) is 12.3. The molecule has 1 unspecified atom stereocenters. The van der Waals surface area contributed by atoms with Crippen LogP contribution >= 0.6 is 27.3 Å². The van der Waals surface area contributed by atoms with Gasteiger partial charge < -0.3 is 5.32 Å². The Morgan fingerprint density at radius 2 is 2.24 bits per heavy atom. The maximum absolute atomic E-state index is 12.0. The number of carbonyl (C=O) groups is 1. The molecule has 0 saturated heterocycles. The molecular weight excluding hydrogens is 300 g/mol. The second-order valence-corrected chi connectivity index (χ2v) is 5.33. The number of halogens is 1. The molecule has 3 nitrogen and oxygen atoms in total. The first-order valence-electron chi connectivity index (χ1n) is 5.13. The molecule has 1 heterocycles. The Balaban J connectivity index is 2.10. The van der Waals surface area contributed by atoms with Crippen LogP contribution in [-0.2, 0) is 0 Å². The molecule has 1 aromatic heterocycles. The van der Waals surface area contributed by atoms with Crippen molar-refractivity contribution < 1.29 is 4.79 Å². The van der Waals surface area contributed by atoms with Crippen molar-refractivity contribution >= 4 is 33.2 Å². The summed E-state index contributed by atoms with van der Waals surface area (Å²) in [4.78, 5) is 16.2. The maximum atomic E-state index is 12.0. The number of amides is 1. The minimum Gasteiger partial charge on any atom is -0.343 e. The first kappa shape index (κ1) is 12.3. The van der Waals surface area contributed by atoms with Crippen LogP contribution in [0.5, 0.6) is 0 Å². The van der Waals surface area contributed by atoms with Gasteiger partial charge >= 0.3 is 0 Å². The zero-order valence-electron chi connectivity index (χ0n) is 9.18. The smallest absolute Gasteiger partial charge is 0.252 e. The second-order valence-electron chi connectivity index (χ2n) is 3.55. The molecule has 1 atom stereocenters. The molecule has 0 fully saturated rings. The quantitative estimate of drug-likeness (QED) is 0.944. The highest BCUT2D eigenvalue weighted by atomic mass is 79.9. The normalized spacial score (nSPS) is 12.1. The zero-order valence-corrected chi connectivity index (χ0v) is 11.6. The SMILES string of the molecule is CC(NC(=O)c1ccccc1Br)c1nccs1. The molecule has 0 radical (unpaired) electrons. The van der Waals surface area contributed by atoms with Crippen LogP contribution in [0.25, 0.3) is 0 Å². The molecule has 5 heteroatoms. The third-order valence-electron chi connectivity index (χ3n) is 2.29. The third kappa shape index (κ3) is 2.92. The number of rotatable bonds is 3. The minimum atomic E-state index is -0.0971. The predicted octanol–water partition coefficient (Wildman–Crippen LogP) is 3.40. The molecule has 2 aromatic rings. The molecule has 0 spiro atoms. The molecular formula is C12H11BrN2OS. The summed E-state index contributed by atoms with van der Waals surface area (Å²) in [6.07, 6.45) is 1.74. The van der Waals surface area contributed by atoms with Crippen molar-refractivity contribution in [2.24, 2.45) is 0 Å². The van der Waals surface area contributed by atoms with E-state index in [0.717, 1.165) is 9.48 Å². The summed E-state index contributed by atoms with van der Waals surface area (Å²) in [6, 6.07) is 7.28. The van der Waals surface area contributed by atoms with Gasteiger partial charge in [-0.25, -0.2) is 4.98 Å². The van der Waals surface area contributed by atoms with Crippen LogP contribution in [0, 0.1) is 0 Å². The first-order chi connectivity index (χ1) is 8.18. The van der Waals surface area contributed by atoms with E-state index in [2.05, 4.69) is 26.2 Å². The van der Waals surface area contributed by atoms with E-state index in [9.17, 15) is 4.79 Å². The lowest BCUT2D eigenvalue weighted by molar-refractivity contribution is 0.0939. The van der Waals surface area contributed by atoms with Crippen LogP contribution < -0.4 is 5.32 Å². The first-order valence-corrected chi connectivity index (χ1v) is 6.80. The van der Waals surface area contributed by atoms with Crippen molar-refractivity contribution in [3.8, 4) is 0 Å². The largest absolute Gasteiger partial charge is 0.343 e. The summed E-state index contributed by atoms with van der Waals surface area (Å²) in [5, 5.41) is 5.73. The van der Waals surface area contributed by atoms with Crippen LogP contribution in [-0.4, -0.2) is 10.9 Å². The van der Waals surface area contributed by atoms with Crippen LogP contribution in [0.4, 0.5) is 0 Å². The number of carbonyl (C=O) groups excluding carboxylic acids is 1. The molecule has 88 valence electrons. The maximum Gasteiger partial charge on any atom is 0.252 e. The molecule has 1 amide bonds. The minimum absolute atomic E-state index is 0.0744. The molecule has 0 bridgehead atoms. The summed E-state index contributed by atoms with van der Waals surface area (Å²) >= 11 is 4.90. The van der Waals surface area contributed by atoms with Gasteiger partial charge in [0.25, 0.3) is 5.91 Å². The Hall–Kier alpha value is -1.20. The van der Waals surface area contributed by atoms with Crippen molar-refractivity contribution in [2.45, 2.75) is 13.0 Å². The van der Waals surface area contributed by atoms with E-state index in [1.165, 1.54) is 11.3 Å². The number of nitrogens with zero attached hydrogens (tertiary/aromatic N) is 1. The standard InChI is InChI=1S/C12H11BrN2OS/c1-8(12-14-6-7-17-12)15-11(16)9-4-2-3-5-10(9)13/h2-8H,1H3,(H,15,16). The third-order valence-corrected chi connectivity index (χ3v) is 3.94. The van der Waals surface area contributed by atoms with Gasteiger partial charge in [-0.2, -0.15) is 0 Å². The summed E-state index contributed by atoms with van der Waals surface area (Å²) in [7, 11) is 0. The number of nitrogens with one attached hydrogen (secondary N) is 1. The summed E-state index contributed by atoms with van der Waals surface area (Å²) < 4.78 is 0.795. The molecule has 2 rings (SSSR count). The Morgan fingerprint density at radius 1 is 1.47 bits per heavy atom. The monoisotopic (exact) mass is 310 g/mol. The van der Waals surface area contributed by atoms with E-state index in [4.69, 9.17) is 0 Å². The Morgan fingerprint density at radius 3 is 2.88 bits per heavy atom. The second kappa shape index (κ2) is 5.42. The average Bonchev–Trinajstić information content (AvgIpc) is 2.82. The molecule has 1 aromatic carbocycles. The van der Waals surface area contributed by atoms with Crippen LogP contribution in [0.15, 0.2) is 40.3 Å². The van der Waals surface area contributed by atoms with Crippen LogP contribution in [0.2, 0.25) is 0 Å². The molecule has 0 saturated carbocycles. The highest BCUT2D eigenvalue weighted by Gasteiger charge is 2.14. The highest BCUT2D eigenvalue weighted by molar-refractivity contribution is 9.10. The van der Waals surface area contributed by atoms with E-state index in [1.807, 2.05) is 30.5 Å². The fourth-order valence-corrected chi connectivity index (χ4v) is 2.54. The van der Waals surface area contributed by atoms with Gasteiger partial charge in [-0.1, -0.05) is 12.1 Å². The summed E-state index contributed by atoms with van der Waals surface area (Å²) in [6.45, 7) is 1.92. The van der Waals surface area contributed by atoms with Gasteiger partial charge in [0, 0.05) is 16.0 Å². The van der Waals surface area contributed by atoms with Crippen LogP contribution in [0.3, 0.4) is 0 Å². The molecule has 17 heavy (non-hydrogen) atoms. The topological polar surface area (TPSA) is 42.0 Å². The average molecular weight is 311 g/mol. The Bertz CT molecular complexity index is 513. The van der Waals surface area contributed by atoms with Crippen molar-refractivity contribution in [1.82, 2.24) is 10.3 Å². The summed E-state index contributed by atoms with van der Waals surface area (Å²) in [5.41, 5.74) is 0.635. The predicted molar refractivity (Wildman–Crippen MR) is 72.1 cm³/mol. The van der Waals surface area contributed by atoms with Gasteiger partial charge in [-0.3, -0.25) is 4.79 Å².